The van der Waals surface area contributed by atoms with Crippen LogP contribution in [-0.2, 0) is 19.2 Å². The van der Waals surface area contributed by atoms with Crippen LogP contribution in [0.25, 0.3) is 0 Å². The molecule has 0 aromatic rings. The van der Waals surface area contributed by atoms with Gasteiger partial charge in [0, 0.05) is 0 Å². The van der Waals surface area contributed by atoms with Crippen molar-refractivity contribution in [3.8, 4) is 0 Å². The van der Waals surface area contributed by atoms with Crippen LogP contribution in [0.15, 0.2) is 0 Å². The first kappa shape index (κ1) is 7.90. The summed E-state index contributed by atoms with van der Waals surface area (Å²) in [6.45, 7) is 0.565. The van der Waals surface area contributed by atoms with Crippen LogP contribution in [0.4, 0.5) is 0 Å². The van der Waals surface area contributed by atoms with Gasteiger partial charge in [-0.2, -0.15) is 9.78 Å². The summed E-state index contributed by atoms with van der Waals surface area (Å²) in [5.41, 5.74) is 0. The molecule has 1 N–H and O–H groups in total. The molecule has 0 aliphatic carbocycles. The highest BCUT2D eigenvalue weighted by Crippen LogP contribution is 2.15. The molecule has 60 valence electrons. The summed E-state index contributed by atoms with van der Waals surface area (Å²) in [6, 6.07) is 0. The van der Waals surface area contributed by atoms with E-state index in [1.54, 1.807) is 0 Å². The maximum absolute atomic E-state index is 8.25. The average molecular weight is 150 g/mol. The van der Waals surface area contributed by atoms with E-state index in [0.717, 1.165) is 0 Å². The van der Waals surface area contributed by atoms with Gasteiger partial charge in [0.15, 0.2) is 6.29 Å². The minimum absolute atomic E-state index is 0.378. The first-order valence-corrected chi connectivity index (χ1v) is 3.07. The number of hydrogen-bond donors (Lipinski definition) is 1. The normalized spacial score (nSPS) is 33.0. The molecule has 0 spiro atoms. The van der Waals surface area contributed by atoms with E-state index in [2.05, 4.69) is 14.5 Å². The number of aliphatic hydroxyl groups excluding tert-OH is 1. The summed E-state index contributed by atoms with van der Waals surface area (Å²) in [5.74, 6) is 0. The molecule has 10 heavy (non-hydrogen) atoms. The van der Waals surface area contributed by atoms with Crippen molar-refractivity contribution in [2.75, 3.05) is 6.79 Å². The molecule has 1 fully saturated rings. The zero-order valence-corrected chi connectivity index (χ0v) is 5.65. The van der Waals surface area contributed by atoms with E-state index in [1.165, 1.54) is 0 Å². The zero-order chi connectivity index (χ0) is 7.40. The lowest BCUT2D eigenvalue weighted by atomic mass is 10.5. The molecule has 0 aromatic heterocycles. The van der Waals surface area contributed by atoms with Crippen molar-refractivity contribution >= 4 is 0 Å². The minimum atomic E-state index is -0.880. The summed E-state index contributed by atoms with van der Waals surface area (Å²) in [7, 11) is 0. The van der Waals surface area contributed by atoms with Gasteiger partial charge in [-0.25, -0.2) is 0 Å². The van der Waals surface area contributed by atoms with E-state index < -0.39 is 13.3 Å². The molecule has 1 rings (SSSR count). The van der Waals surface area contributed by atoms with E-state index in [0.29, 0.717) is 6.42 Å². The highest BCUT2D eigenvalue weighted by molar-refractivity contribution is 4.38. The Hall–Kier alpha value is -0.200. The third-order valence-electron chi connectivity index (χ3n) is 1.05. The van der Waals surface area contributed by atoms with Crippen LogP contribution in [0.3, 0.4) is 0 Å². The topological polar surface area (TPSA) is 57.2 Å². The third kappa shape index (κ3) is 1.89. The molecule has 2 atom stereocenters. The molecule has 0 radical (unpaired) electrons. The number of hydrogen-bond acceptors (Lipinski definition) is 5. The van der Waals surface area contributed by atoms with Crippen molar-refractivity contribution in [2.45, 2.75) is 26.1 Å². The fraction of sp³-hybridized carbons (Fsp3) is 1.00. The van der Waals surface area contributed by atoms with Gasteiger partial charge in [0.05, 0.1) is 0 Å². The fourth-order valence-corrected chi connectivity index (χ4v) is 0.569. The average Bonchev–Trinajstić information content (AvgIpc) is 2.37. The van der Waals surface area contributed by atoms with Crippen LogP contribution in [0.5, 0.6) is 0 Å². The van der Waals surface area contributed by atoms with Gasteiger partial charge >= 0.3 is 6.48 Å². The lowest BCUT2D eigenvalue weighted by Gasteiger charge is -2.04. The van der Waals surface area contributed by atoms with Gasteiger partial charge in [-0.05, 0) is 6.42 Å². The molecule has 1 saturated heterocycles. The summed E-state index contributed by atoms with van der Waals surface area (Å²) < 4.78 is 9.45. The molecule has 0 amide bonds. The second-order valence-corrected chi connectivity index (χ2v) is 1.75. The molecule has 1 aliphatic rings. The number of aliphatic hydroxyl groups is 1. The second kappa shape index (κ2) is 3.85. The predicted molar refractivity (Wildman–Crippen MR) is 29.3 cm³/mol. The van der Waals surface area contributed by atoms with Crippen molar-refractivity contribution in [1.29, 1.82) is 0 Å². The van der Waals surface area contributed by atoms with Crippen molar-refractivity contribution < 1.29 is 24.4 Å². The van der Waals surface area contributed by atoms with Crippen molar-refractivity contribution in [1.82, 2.24) is 0 Å². The monoisotopic (exact) mass is 150 g/mol. The Morgan fingerprint density at radius 3 is 2.80 bits per heavy atom. The Bertz CT molecular complexity index is 96.0. The Labute approximate surface area is 58.4 Å². The Balaban J connectivity index is 2.15. The van der Waals surface area contributed by atoms with E-state index >= 15 is 0 Å². The largest absolute Gasteiger partial charge is 0.370 e. The maximum atomic E-state index is 8.25. The zero-order valence-electron chi connectivity index (χ0n) is 5.65. The number of ether oxygens (including phenoxy) is 2. The van der Waals surface area contributed by atoms with Gasteiger partial charge < -0.3 is 9.84 Å². The molecule has 1 aliphatic heterocycles. The van der Waals surface area contributed by atoms with Crippen LogP contribution in [0, 0.1) is 0 Å². The van der Waals surface area contributed by atoms with Gasteiger partial charge in [0.1, 0.15) is 6.79 Å². The van der Waals surface area contributed by atoms with Crippen molar-refractivity contribution in [2.24, 2.45) is 0 Å². The van der Waals surface area contributed by atoms with Crippen molar-refractivity contribution in [3.63, 3.8) is 0 Å². The van der Waals surface area contributed by atoms with Crippen LogP contribution < -0.4 is 0 Å². The third-order valence-corrected chi connectivity index (χ3v) is 1.05. The van der Waals surface area contributed by atoms with E-state index in [4.69, 9.17) is 9.84 Å². The SMILES string of the molecule is CCC1OOC(OCO)O1. The highest BCUT2D eigenvalue weighted by atomic mass is 17.3. The van der Waals surface area contributed by atoms with E-state index in [9.17, 15) is 0 Å². The fourth-order valence-electron chi connectivity index (χ4n) is 0.569. The van der Waals surface area contributed by atoms with Gasteiger partial charge in [-0.1, -0.05) is 6.92 Å². The Kier molecular flexibility index (Phi) is 3.04. The molecular formula is C5H10O5. The molecule has 2 unspecified atom stereocenters. The molecule has 1 heterocycles. The predicted octanol–water partition coefficient (Wildman–Crippen LogP) is -0.0491. The minimum Gasteiger partial charge on any atom is -0.370 e. The van der Waals surface area contributed by atoms with Crippen molar-refractivity contribution in [3.05, 3.63) is 0 Å². The molecule has 5 nitrogen and oxygen atoms in total. The maximum Gasteiger partial charge on any atom is 0.305 e. The summed E-state index contributed by atoms with van der Waals surface area (Å²) >= 11 is 0. The summed E-state index contributed by atoms with van der Waals surface area (Å²) in [4.78, 5) is 9.10. The second-order valence-electron chi connectivity index (χ2n) is 1.75. The molecule has 0 saturated carbocycles. The van der Waals surface area contributed by atoms with E-state index in [1.807, 2.05) is 6.92 Å². The van der Waals surface area contributed by atoms with Crippen LogP contribution in [-0.4, -0.2) is 24.7 Å². The van der Waals surface area contributed by atoms with Gasteiger partial charge in [0.2, 0.25) is 0 Å². The van der Waals surface area contributed by atoms with Gasteiger partial charge in [-0.15, -0.1) is 0 Å². The Morgan fingerprint density at radius 2 is 2.30 bits per heavy atom. The van der Waals surface area contributed by atoms with Crippen LogP contribution in [0.1, 0.15) is 13.3 Å². The standard InChI is InChI=1S/C5H10O5/c1-2-4-8-5(7-3-6)10-9-4/h4-6H,2-3H2,1H3. The molecular weight excluding hydrogens is 140 g/mol. The lowest BCUT2D eigenvalue weighted by molar-refractivity contribution is -0.359. The van der Waals surface area contributed by atoms with Crippen LogP contribution in [0.2, 0.25) is 0 Å². The first-order valence-electron chi connectivity index (χ1n) is 3.07. The summed E-state index contributed by atoms with van der Waals surface area (Å²) in [6.07, 6.45) is 0.308. The van der Waals surface area contributed by atoms with Gasteiger partial charge in [-0.3, -0.25) is 4.74 Å². The quantitative estimate of drug-likeness (QED) is 0.451. The molecule has 5 heteroatoms. The summed E-state index contributed by atoms with van der Waals surface area (Å²) in [5, 5.41) is 8.25. The van der Waals surface area contributed by atoms with Crippen LogP contribution >= 0.6 is 0 Å². The van der Waals surface area contributed by atoms with E-state index in [-0.39, 0.29) is 6.29 Å². The Morgan fingerprint density at radius 1 is 1.50 bits per heavy atom. The molecule has 0 bridgehead atoms. The highest BCUT2D eigenvalue weighted by Gasteiger charge is 2.26. The molecule has 0 aromatic carbocycles. The smallest absolute Gasteiger partial charge is 0.305 e. The first-order chi connectivity index (χ1) is 4.86. The lowest BCUT2D eigenvalue weighted by Crippen LogP contribution is -2.15. The van der Waals surface area contributed by atoms with Gasteiger partial charge in [0.25, 0.3) is 0 Å². The number of rotatable bonds is 3.